The Morgan fingerprint density at radius 2 is 1.22 bits per heavy atom. The van der Waals surface area contributed by atoms with Crippen molar-refractivity contribution in [1.29, 1.82) is 0 Å². The van der Waals surface area contributed by atoms with Gasteiger partial charge in [0.2, 0.25) is 0 Å². The lowest BCUT2D eigenvalue weighted by molar-refractivity contribution is 0.213. The minimum Gasteiger partial charge on any atom is -0.324 e. The number of hydrogen-bond acceptors (Lipinski definition) is 1. The fourth-order valence-corrected chi connectivity index (χ4v) is 2.97. The van der Waals surface area contributed by atoms with Crippen LogP contribution in [-0.4, -0.2) is 24.0 Å². The van der Waals surface area contributed by atoms with Crippen LogP contribution in [0.3, 0.4) is 0 Å². The maximum atomic E-state index is 12.9. The Balaban J connectivity index is 1.65. The summed E-state index contributed by atoms with van der Waals surface area (Å²) in [4.78, 5) is 14.8. The van der Waals surface area contributed by atoms with Crippen LogP contribution in [0.25, 0.3) is 0 Å². The fraction of sp³-hybridized carbons (Fsp3) is 0.208. The SMILES string of the molecule is Cc1ccc(NC(=O)N(CCc2ccccc2)CCc2ccccc2)cc1. The lowest BCUT2D eigenvalue weighted by Gasteiger charge is -2.23. The van der Waals surface area contributed by atoms with E-state index in [1.807, 2.05) is 72.5 Å². The molecule has 0 aliphatic rings. The van der Waals surface area contributed by atoms with Gasteiger partial charge in [0, 0.05) is 18.8 Å². The average molecular weight is 358 g/mol. The highest BCUT2D eigenvalue weighted by atomic mass is 16.2. The van der Waals surface area contributed by atoms with Crippen molar-refractivity contribution in [3.05, 3.63) is 102 Å². The molecule has 0 saturated heterocycles. The van der Waals surface area contributed by atoms with Crippen molar-refractivity contribution in [2.75, 3.05) is 18.4 Å². The molecule has 3 rings (SSSR count). The van der Waals surface area contributed by atoms with Crippen molar-refractivity contribution >= 4 is 11.7 Å². The Labute approximate surface area is 161 Å². The molecule has 138 valence electrons. The number of benzene rings is 3. The summed E-state index contributed by atoms with van der Waals surface area (Å²) in [6.07, 6.45) is 1.69. The van der Waals surface area contributed by atoms with E-state index in [1.54, 1.807) is 0 Å². The van der Waals surface area contributed by atoms with Gasteiger partial charge in [-0.1, -0.05) is 78.4 Å². The first-order chi connectivity index (χ1) is 13.2. The van der Waals surface area contributed by atoms with Crippen LogP contribution in [0.2, 0.25) is 0 Å². The lowest BCUT2D eigenvalue weighted by atomic mass is 10.1. The van der Waals surface area contributed by atoms with Gasteiger partial charge in [-0.25, -0.2) is 4.79 Å². The molecule has 3 nitrogen and oxygen atoms in total. The zero-order valence-corrected chi connectivity index (χ0v) is 15.8. The Morgan fingerprint density at radius 1 is 0.741 bits per heavy atom. The van der Waals surface area contributed by atoms with Gasteiger partial charge >= 0.3 is 6.03 Å². The van der Waals surface area contributed by atoms with Gasteiger partial charge in [-0.2, -0.15) is 0 Å². The second-order valence-electron chi connectivity index (χ2n) is 6.75. The third-order valence-corrected chi connectivity index (χ3v) is 4.62. The van der Waals surface area contributed by atoms with Gasteiger partial charge in [-0.15, -0.1) is 0 Å². The van der Waals surface area contributed by atoms with E-state index in [9.17, 15) is 4.79 Å². The molecular formula is C24H26N2O. The Hall–Kier alpha value is -3.07. The van der Waals surface area contributed by atoms with Crippen molar-refractivity contribution < 1.29 is 4.79 Å². The van der Waals surface area contributed by atoms with Crippen LogP contribution in [0.1, 0.15) is 16.7 Å². The quantitative estimate of drug-likeness (QED) is 0.609. The van der Waals surface area contributed by atoms with Gasteiger partial charge in [-0.05, 0) is 43.0 Å². The summed E-state index contributed by atoms with van der Waals surface area (Å²) in [7, 11) is 0. The molecule has 27 heavy (non-hydrogen) atoms. The standard InChI is InChI=1S/C24H26N2O/c1-20-12-14-23(15-13-20)25-24(27)26(18-16-21-8-4-2-5-9-21)19-17-22-10-6-3-7-11-22/h2-15H,16-19H2,1H3,(H,25,27). The first kappa shape index (κ1) is 18.7. The zero-order chi connectivity index (χ0) is 18.9. The molecule has 3 heteroatoms. The van der Waals surface area contributed by atoms with Gasteiger partial charge in [-0.3, -0.25) is 0 Å². The molecule has 0 aliphatic carbocycles. The maximum Gasteiger partial charge on any atom is 0.321 e. The van der Waals surface area contributed by atoms with E-state index >= 15 is 0 Å². The second kappa shape index (κ2) is 9.58. The third-order valence-electron chi connectivity index (χ3n) is 4.62. The summed E-state index contributed by atoms with van der Waals surface area (Å²) in [5.41, 5.74) is 4.49. The molecule has 0 heterocycles. The maximum absolute atomic E-state index is 12.9. The van der Waals surface area contributed by atoms with E-state index < -0.39 is 0 Å². The molecule has 0 aromatic heterocycles. The predicted molar refractivity (Wildman–Crippen MR) is 112 cm³/mol. The van der Waals surface area contributed by atoms with Crippen LogP contribution in [-0.2, 0) is 12.8 Å². The largest absolute Gasteiger partial charge is 0.324 e. The molecule has 0 radical (unpaired) electrons. The topological polar surface area (TPSA) is 32.3 Å². The summed E-state index contributed by atoms with van der Waals surface area (Å²) in [5, 5.41) is 3.03. The number of hydrogen-bond donors (Lipinski definition) is 1. The molecule has 2 amide bonds. The molecule has 0 atom stereocenters. The van der Waals surface area contributed by atoms with Crippen molar-refractivity contribution in [1.82, 2.24) is 4.90 Å². The summed E-state index contributed by atoms with van der Waals surface area (Å²) in [5.74, 6) is 0. The molecule has 0 spiro atoms. The van der Waals surface area contributed by atoms with Crippen LogP contribution in [0.15, 0.2) is 84.9 Å². The Bertz CT molecular complexity index is 786. The lowest BCUT2D eigenvalue weighted by Crippen LogP contribution is -2.38. The first-order valence-corrected chi connectivity index (χ1v) is 9.41. The number of carbonyl (C=O) groups excluding carboxylic acids is 1. The summed E-state index contributed by atoms with van der Waals surface area (Å²) in [6.45, 7) is 3.42. The molecule has 0 unspecified atom stereocenters. The fourth-order valence-electron chi connectivity index (χ4n) is 2.97. The zero-order valence-electron chi connectivity index (χ0n) is 15.8. The van der Waals surface area contributed by atoms with Crippen LogP contribution < -0.4 is 5.32 Å². The number of rotatable bonds is 7. The number of aryl methyl sites for hydroxylation is 1. The monoisotopic (exact) mass is 358 g/mol. The summed E-state index contributed by atoms with van der Waals surface area (Å²) >= 11 is 0. The van der Waals surface area contributed by atoms with Crippen molar-refractivity contribution in [3.8, 4) is 0 Å². The highest BCUT2D eigenvalue weighted by Crippen LogP contribution is 2.11. The van der Waals surface area contributed by atoms with Crippen LogP contribution >= 0.6 is 0 Å². The summed E-state index contributed by atoms with van der Waals surface area (Å²) in [6, 6.07) is 28.5. The van der Waals surface area contributed by atoms with Gasteiger partial charge in [0.1, 0.15) is 0 Å². The Kier molecular flexibility index (Phi) is 6.64. The molecule has 3 aromatic rings. The second-order valence-corrected chi connectivity index (χ2v) is 6.75. The highest BCUT2D eigenvalue weighted by molar-refractivity contribution is 5.89. The van der Waals surface area contributed by atoms with Gasteiger partial charge < -0.3 is 10.2 Å². The van der Waals surface area contributed by atoms with E-state index in [0.29, 0.717) is 13.1 Å². The van der Waals surface area contributed by atoms with E-state index in [1.165, 1.54) is 16.7 Å². The van der Waals surface area contributed by atoms with Gasteiger partial charge in [0.25, 0.3) is 0 Å². The molecule has 0 aliphatic heterocycles. The molecular weight excluding hydrogens is 332 g/mol. The minimum atomic E-state index is -0.0503. The van der Waals surface area contributed by atoms with E-state index in [4.69, 9.17) is 0 Å². The molecule has 0 bridgehead atoms. The highest BCUT2D eigenvalue weighted by Gasteiger charge is 2.14. The molecule has 0 saturated carbocycles. The third kappa shape index (κ3) is 6.00. The van der Waals surface area contributed by atoms with Gasteiger partial charge in [0.05, 0.1) is 0 Å². The van der Waals surface area contributed by atoms with Crippen molar-refractivity contribution in [2.45, 2.75) is 19.8 Å². The van der Waals surface area contributed by atoms with E-state index in [0.717, 1.165) is 18.5 Å². The van der Waals surface area contributed by atoms with E-state index in [2.05, 4.69) is 29.6 Å². The molecule has 3 aromatic carbocycles. The number of urea groups is 1. The van der Waals surface area contributed by atoms with Gasteiger partial charge in [0.15, 0.2) is 0 Å². The van der Waals surface area contributed by atoms with Crippen LogP contribution in [0, 0.1) is 6.92 Å². The number of nitrogens with one attached hydrogen (secondary N) is 1. The van der Waals surface area contributed by atoms with Crippen LogP contribution in [0.5, 0.6) is 0 Å². The van der Waals surface area contributed by atoms with Crippen LogP contribution in [0.4, 0.5) is 10.5 Å². The van der Waals surface area contributed by atoms with Crippen molar-refractivity contribution in [3.63, 3.8) is 0 Å². The van der Waals surface area contributed by atoms with Crippen molar-refractivity contribution in [2.24, 2.45) is 0 Å². The number of nitrogens with zero attached hydrogens (tertiary/aromatic N) is 1. The summed E-state index contributed by atoms with van der Waals surface area (Å²) < 4.78 is 0. The molecule has 0 fully saturated rings. The minimum absolute atomic E-state index is 0.0503. The number of anilines is 1. The Morgan fingerprint density at radius 3 is 1.70 bits per heavy atom. The van der Waals surface area contributed by atoms with E-state index in [-0.39, 0.29) is 6.03 Å². The average Bonchev–Trinajstić information content (AvgIpc) is 2.71. The number of carbonyl (C=O) groups is 1. The predicted octanol–water partition coefficient (Wildman–Crippen LogP) is 5.31. The normalized spacial score (nSPS) is 10.4. The smallest absolute Gasteiger partial charge is 0.321 e. The first-order valence-electron chi connectivity index (χ1n) is 9.41. The number of amides is 2. The molecule has 1 N–H and O–H groups in total.